The third-order valence-corrected chi connectivity index (χ3v) is 4.43. The fourth-order valence-electron chi connectivity index (χ4n) is 2.72. The van der Waals surface area contributed by atoms with Gasteiger partial charge in [0, 0.05) is 25.3 Å². The molecule has 0 saturated heterocycles. The zero-order valence-electron chi connectivity index (χ0n) is 15.6. The molecule has 0 bridgehead atoms. The molecule has 1 aromatic carbocycles. The van der Waals surface area contributed by atoms with Gasteiger partial charge in [-0.3, -0.25) is 0 Å². The molecule has 0 atom stereocenters. The molecule has 0 aliphatic carbocycles. The molecular formula is C22H31N3. The van der Waals surface area contributed by atoms with Gasteiger partial charge in [-0.05, 0) is 44.2 Å². The van der Waals surface area contributed by atoms with Crippen LogP contribution in [0.1, 0.15) is 37.3 Å². The number of allylic oxidation sites excluding steroid dienone is 4. The molecular weight excluding hydrogens is 306 g/mol. The van der Waals surface area contributed by atoms with Gasteiger partial charge in [0.25, 0.3) is 0 Å². The summed E-state index contributed by atoms with van der Waals surface area (Å²) in [5.41, 5.74) is 6.35. The lowest BCUT2D eigenvalue weighted by molar-refractivity contribution is 0.671. The van der Waals surface area contributed by atoms with Gasteiger partial charge in [-0.1, -0.05) is 60.7 Å². The third-order valence-electron chi connectivity index (χ3n) is 4.43. The van der Waals surface area contributed by atoms with Gasteiger partial charge in [-0.15, -0.1) is 0 Å². The molecule has 1 heterocycles. The number of hydrogen-bond acceptors (Lipinski definition) is 3. The summed E-state index contributed by atoms with van der Waals surface area (Å²) in [6.45, 7) is 15.1. The second kappa shape index (κ2) is 9.77. The van der Waals surface area contributed by atoms with E-state index in [4.69, 9.17) is 0 Å². The Morgan fingerprint density at radius 2 is 1.92 bits per heavy atom. The average molecular weight is 338 g/mol. The summed E-state index contributed by atoms with van der Waals surface area (Å²) in [4.78, 5) is 0. The van der Waals surface area contributed by atoms with E-state index in [1.54, 1.807) is 0 Å². The van der Waals surface area contributed by atoms with Crippen molar-refractivity contribution in [3.63, 3.8) is 0 Å². The molecule has 1 aliphatic rings. The van der Waals surface area contributed by atoms with Crippen LogP contribution in [0.3, 0.4) is 0 Å². The first-order valence-electron chi connectivity index (χ1n) is 9.06. The molecule has 0 radical (unpaired) electrons. The van der Waals surface area contributed by atoms with Crippen molar-refractivity contribution in [1.29, 1.82) is 0 Å². The Morgan fingerprint density at radius 1 is 1.16 bits per heavy atom. The van der Waals surface area contributed by atoms with Crippen LogP contribution < -0.4 is 16.0 Å². The minimum absolute atomic E-state index is 0.785. The highest BCUT2D eigenvalue weighted by Crippen LogP contribution is 2.16. The molecule has 134 valence electrons. The van der Waals surface area contributed by atoms with E-state index in [2.05, 4.69) is 79.4 Å². The summed E-state index contributed by atoms with van der Waals surface area (Å²) < 4.78 is 0. The first-order chi connectivity index (χ1) is 12.0. The van der Waals surface area contributed by atoms with Crippen molar-refractivity contribution in [2.45, 2.75) is 39.7 Å². The van der Waals surface area contributed by atoms with Crippen LogP contribution in [-0.2, 0) is 6.54 Å². The van der Waals surface area contributed by atoms with E-state index in [9.17, 15) is 0 Å². The smallest absolute Gasteiger partial charge is 0.0915 e. The molecule has 0 saturated carbocycles. The van der Waals surface area contributed by atoms with Crippen molar-refractivity contribution in [1.82, 2.24) is 16.0 Å². The average Bonchev–Trinajstić information content (AvgIpc) is 2.60. The molecule has 25 heavy (non-hydrogen) atoms. The Hall–Kier alpha value is -2.42. The van der Waals surface area contributed by atoms with Gasteiger partial charge in [0.1, 0.15) is 0 Å². The van der Waals surface area contributed by atoms with E-state index < -0.39 is 0 Å². The number of rotatable bonds is 9. The quantitative estimate of drug-likeness (QED) is 0.588. The summed E-state index contributed by atoms with van der Waals surface area (Å²) in [5.74, 6) is 0.854. The maximum atomic E-state index is 4.14. The topological polar surface area (TPSA) is 36.1 Å². The van der Waals surface area contributed by atoms with Crippen molar-refractivity contribution in [2.75, 3.05) is 13.1 Å². The van der Waals surface area contributed by atoms with E-state index in [1.165, 1.54) is 28.8 Å². The third kappa shape index (κ3) is 6.92. The highest BCUT2D eigenvalue weighted by atomic mass is 15.1. The monoisotopic (exact) mass is 337 g/mol. The molecule has 1 aromatic rings. The first kappa shape index (κ1) is 18.9. The Bertz CT molecular complexity index is 650. The second-order valence-corrected chi connectivity index (χ2v) is 6.67. The van der Waals surface area contributed by atoms with Crippen molar-refractivity contribution < 1.29 is 0 Å². The standard InChI is InChI=1S/C22H31N3/c1-17-7-10-21(11-8-17)16-25-20(4)24-15-13-18(2)9-12-22-6-5-14-23-19(22)3/h7-12,23-25H,2,4-6,13-16H2,1,3H3/b12-9-. The molecule has 3 nitrogen and oxygen atoms in total. The normalized spacial score (nSPS) is 14.3. The van der Waals surface area contributed by atoms with Crippen LogP contribution in [0.25, 0.3) is 0 Å². The Balaban J connectivity index is 1.65. The molecule has 1 aliphatic heterocycles. The van der Waals surface area contributed by atoms with Crippen molar-refractivity contribution in [3.05, 3.63) is 83.4 Å². The molecule has 0 unspecified atom stereocenters. The van der Waals surface area contributed by atoms with E-state index in [-0.39, 0.29) is 0 Å². The Kier molecular flexibility index (Phi) is 7.39. The number of nitrogens with one attached hydrogen (secondary N) is 3. The van der Waals surface area contributed by atoms with Crippen LogP contribution >= 0.6 is 0 Å². The van der Waals surface area contributed by atoms with Gasteiger partial charge in [0.05, 0.1) is 5.82 Å². The molecule has 0 aromatic heterocycles. The van der Waals surface area contributed by atoms with Crippen LogP contribution in [0.5, 0.6) is 0 Å². The molecule has 3 N–H and O–H groups in total. The minimum Gasteiger partial charge on any atom is -0.388 e. The maximum absolute atomic E-state index is 4.14. The maximum Gasteiger partial charge on any atom is 0.0915 e. The van der Waals surface area contributed by atoms with E-state index in [1.807, 2.05) is 0 Å². The predicted octanol–water partition coefficient (Wildman–Crippen LogP) is 4.31. The van der Waals surface area contributed by atoms with Gasteiger partial charge in [-0.25, -0.2) is 0 Å². The van der Waals surface area contributed by atoms with E-state index in [0.717, 1.165) is 43.9 Å². The largest absolute Gasteiger partial charge is 0.388 e. The number of aryl methyl sites for hydroxylation is 1. The van der Waals surface area contributed by atoms with Gasteiger partial charge in [0.2, 0.25) is 0 Å². The summed E-state index contributed by atoms with van der Waals surface area (Å²) >= 11 is 0. The zero-order valence-corrected chi connectivity index (χ0v) is 15.6. The summed E-state index contributed by atoms with van der Waals surface area (Å²) in [6, 6.07) is 8.53. The van der Waals surface area contributed by atoms with E-state index >= 15 is 0 Å². The van der Waals surface area contributed by atoms with Gasteiger partial charge in [0.15, 0.2) is 0 Å². The Labute approximate surface area is 152 Å². The van der Waals surface area contributed by atoms with Gasteiger partial charge >= 0.3 is 0 Å². The lowest BCUT2D eigenvalue weighted by Gasteiger charge is -2.17. The first-order valence-corrected chi connectivity index (χ1v) is 9.06. The van der Waals surface area contributed by atoms with Gasteiger partial charge < -0.3 is 16.0 Å². The number of benzene rings is 1. The van der Waals surface area contributed by atoms with Crippen molar-refractivity contribution in [2.24, 2.45) is 0 Å². The highest BCUT2D eigenvalue weighted by molar-refractivity contribution is 5.30. The SMILES string of the molecule is C=C(/C=C\C1=C(C)NCCC1)CCNC(=C)NCc1ccc(C)cc1. The molecule has 0 fully saturated rings. The van der Waals surface area contributed by atoms with Crippen LogP contribution in [0.2, 0.25) is 0 Å². The lowest BCUT2D eigenvalue weighted by atomic mass is 10.0. The van der Waals surface area contributed by atoms with Crippen LogP contribution in [0.4, 0.5) is 0 Å². The fraction of sp³-hybridized carbons (Fsp3) is 0.364. The summed E-state index contributed by atoms with van der Waals surface area (Å²) in [7, 11) is 0. The molecule has 2 rings (SSSR count). The minimum atomic E-state index is 0.785. The van der Waals surface area contributed by atoms with Crippen LogP contribution in [-0.4, -0.2) is 13.1 Å². The lowest BCUT2D eigenvalue weighted by Crippen LogP contribution is -2.26. The second-order valence-electron chi connectivity index (χ2n) is 6.67. The summed E-state index contributed by atoms with van der Waals surface area (Å²) in [6.07, 6.45) is 7.60. The van der Waals surface area contributed by atoms with E-state index in [0.29, 0.717) is 0 Å². The zero-order chi connectivity index (χ0) is 18.1. The highest BCUT2D eigenvalue weighted by Gasteiger charge is 2.05. The van der Waals surface area contributed by atoms with Crippen molar-refractivity contribution in [3.8, 4) is 0 Å². The summed E-state index contributed by atoms with van der Waals surface area (Å²) in [5, 5.41) is 10.0. The Morgan fingerprint density at radius 3 is 2.64 bits per heavy atom. The molecule has 0 spiro atoms. The molecule has 3 heteroatoms. The number of hydrogen-bond donors (Lipinski definition) is 3. The fourth-order valence-corrected chi connectivity index (χ4v) is 2.72. The van der Waals surface area contributed by atoms with Crippen LogP contribution in [0.15, 0.2) is 72.2 Å². The van der Waals surface area contributed by atoms with Crippen LogP contribution in [0, 0.1) is 6.92 Å². The predicted molar refractivity (Wildman–Crippen MR) is 108 cm³/mol. The van der Waals surface area contributed by atoms with Gasteiger partial charge in [-0.2, -0.15) is 0 Å². The molecule has 0 amide bonds. The van der Waals surface area contributed by atoms with Crippen molar-refractivity contribution >= 4 is 0 Å².